The molecule has 3 unspecified atom stereocenters. The Hall–Kier alpha value is 2.30. The zero-order valence-corrected chi connectivity index (χ0v) is 33.2. The van der Waals surface area contributed by atoms with E-state index in [1.807, 2.05) is 0 Å². The second-order valence-electron chi connectivity index (χ2n) is 8.70. The van der Waals surface area contributed by atoms with Gasteiger partial charge in [0.05, 0.1) is 76.1 Å². The fourth-order valence-corrected chi connectivity index (χ4v) is 11.3. The highest BCUT2D eigenvalue weighted by atomic mass is 35.7. The summed E-state index contributed by atoms with van der Waals surface area (Å²) in [5.74, 6) is 6.16. The smallest absolute Gasteiger partial charge is 0.112 e. The maximum Gasteiger partial charge on any atom is 0.118 e. The quantitative estimate of drug-likeness (QED) is 0.130. The van der Waals surface area contributed by atoms with E-state index in [4.69, 9.17) is 184 Å². The molecule has 0 spiro atoms. The number of halogens is 16. The van der Waals surface area contributed by atoms with Crippen molar-refractivity contribution in [2.75, 3.05) is 0 Å². The molecular weight excluding hydrogens is 932 g/mol. The van der Waals surface area contributed by atoms with Crippen molar-refractivity contribution < 1.29 is 0 Å². The summed E-state index contributed by atoms with van der Waals surface area (Å²) in [7, 11) is 14.1. The second-order valence-corrected chi connectivity index (χ2v) is 16.3. The van der Waals surface area contributed by atoms with E-state index in [-0.39, 0.29) is 104 Å². The van der Waals surface area contributed by atoms with Crippen LogP contribution in [0.15, 0.2) is 47.3 Å². The zero-order chi connectivity index (χ0) is 32.0. The molecular formula is C25H2Cl16S2. The second kappa shape index (κ2) is 13.5. The van der Waals surface area contributed by atoms with Gasteiger partial charge in [0, 0.05) is 32.7 Å². The van der Waals surface area contributed by atoms with Gasteiger partial charge in [0.15, 0.2) is 0 Å². The molecule has 0 amide bonds. The monoisotopic (exact) mass is 925 g/mol. The van der Waals surface area contributed by atoms with Crippen molar-refractivity contribution in [3.63, 3.8) is 0 Å². The van der Waals surface area contributed by atoms with Gasteiger partial charge in [-0.25, -0.2) is 0 Å². The van der Waals surface area contributed by atoms with E-state index in [2.05, 4.69) is 11.8 Å². The standard InChI is InChI=1S/C25H2Cl16S2/c26-10-4(42-40)2-1-3-5(11(10)27)6-7(13(29)17(33)12(6)28)25(3,8-14(30)18(34)21(37)19(35)15(8)31)9-16(32)20(36)22(38)23(39)24(9)43-41/h4,13H. The first-order valence-corrected chi connectivity index (χ1v) is 19.5. The van der Waals surface area contributed by atoms with Gasteiger partial charge in [-0.1, -0.05) is 163 Å². The van der Waals surface area contributed by atoms with Crippen molar-refractivity contribution in [1.82, 2.24) is 0 Å². The van der Waals surface area contributed by atoms with E-state index in [0.717, 1.165) is 11.0 Å². The highest BCUT2D eigenvalue weighted by molar-refractivity contribution is 8.22. The predicted molar refractivity (Wildman–Crippen MR) is 197 cm³/mol. The zero-order valence-electron chi connectivity index (χ0n) is 19.5. The van der Waals surface area contributed by atoms with Crippen molar-refractivity contribution in [1.29, 1.82) is 0 Å². The number of allylic oxidation sites excluding steroid dienone is 7. The number of rotatable bonds is 4. The third-order valence-electron chi connectivity index (χ3n) is 6.79. The van der Waals surface area contributed by atoms with Crippen molar-refractivity contribution >= 4 is 206 Å². The number of benzene rings is 2. The molecule has 0 saturated carbocycles. The molecule has 0 heterocycles. The highest BCUT2D eigenvalue weighted by Crippen LogP contribution is 2.69. The Morgan fingerprint density at radius 3 is 1.53 bits per heavy atom. The van der Waals surface area contributed by atoms with Gasteiger partial charge < -0.3 is 0 Å². The fraction of sp³-hybridized carbons (Fsp3) is 0.120. The minimum absolute atomic E-state index is 0.0100. The lowest BCUT2D eigenvalue weighted by Crippen LogP contribution is -2.36. The van der Waals surface area contributed by atoms with E-state index < -0.39 is 16.0 Å². The average molecular weight is 934 g/mol. The molecule has 226 valence electrons. The molecule has 18 heteroatoms. The summed E-state index contributed by atoms with van der Waals surface area (Å²) in [6.07, 6.45) is 0. The van der Waals surface area contributed by atoms with E-state index in [1.165, 1.54) is 0 Å². The molecule has 0 radical (unpaired) electrons. The van der Waals surface area contributed by atoms with Gasteiger partial charge in [0.2, 0.25) is 0 Å². The maximum absolute atomic E-state index is 7.09. The summed E-state index contributed by atoms with van der Waals surface area (Å²) in [5.41, 5.74) is -0.846. The Labute approximate surface area is 333 Å². The summed E-state index contributed by atoms with van der Waals surface area (Å²) >= 11 is 95.1. The van der Waals surface area contributed by atoms with E-state index in [9.17, 15) is 0 Å². The Bertz CT molecular complexity index is 1830. The van der Waals surface area contributed by atoms with Gasteiger partial charge in [-0.05, 0) is 48.9 Å². The number of fused-ring (bicyclic) bond motifs is 1. The fourth-order valence-electron chi connectivity index (χ4n) is 5.14. The van der Waals surface area contributed by atoms with Gasteiger partial charge in [-0.15, -0.1) is 11.6 Å². The normalized spacial score (nSPS) is 23.3. The van der Waals surface area contributed by atoms with E-state index in [1.54, 1.807) is 0 Å². The molecule has 0 fully saturated rings. The molecule has 5 rings (SSSR count). The van der Waals surface area contributed by atoms with Crippen molar-refractivity contribution in [3.8, 4) is 11.8 Å². The molecule has 3 aliphatic rings. The van der Waals surface area contributed by atoms with Crippen LogP contribution in [0, 0.1) is 11.8 Å². The third kappa shape index (κ3) is 5.21. The molecule has 0 saturated heterocycles. The topological polar surface area (TPSA) is 0 Å². The first-order chi connectivity index (χ1) is 20.1. The van der Waals surface area contributed by atoms with Crippen LogP contribution in [0.5, 0.6) is 0 Å². The van der Waals surface area contributed by atoms with Gasteiger partial charge in [0.25, 0.3) is 0 Å². The minimum Gasteiger partial charge on any atom is -0.112 e. The van der Waals surface area contributed by atoms with Crippen LogP contribution in [-0.2, 0) is 5.41 Å². The first kappa shape index (κ1) is 36.6. The van der Waals surface area contributed by atoms with Gasteiger partial charge in [-0.2, -0.15) is 0 Å². The molecule has 0 aliphatic heterocycles. The van der Waals surface area contributed by atoms with Crippen LogP contribution in [0.2, 0.25) is 45.2 Å². The Morgan fingerprint density at radius 2 is 1.02 bits per heavy atom. The summed E-state index contributed by atoms with van der Waals surface area (Å²) in [6, 6.07) is 0. The van der Waals surface area contributed by atoms with Crippen LogP contribution < -0.4 is 0 Å². The van der Waals surface area contributed by atoms with Crippen LogP contribution in [0.1, 0.15) is 11.1 Å². The lowest BCUT2D eigenvalue weighted by molar-refractivity contribution is 0.712. The summed E-state index contributed by atoms with van der Waals surface area (Å²) in [5, 5.41) is -2.95. The van der Waals surface area contributed by atoms with Gasteiger partial charge in [0.1, 0.15) is 5.25 Å². The summed E-state index contributed by atoms with van der Waals surface area (Å²) in [6.45, 7) is 0. The molecule has 2 aromatic carbocycles. The lowest BCUT2D eigenvalue weighted by Gasteiger charge is -2.40. The Balaban J connectivity index is 2.21. The van der Waals surface area contributed by atoms with Gasteiger partial charge >= 0.3 is 0 Å². The minimum atomic E-state index is -1.89. The van der Waals surface area contributed by atoms with Crippen LogP contribution in [0.4, 0.5) is 0 Å². The molecule has 0 nitrogen and oxygen atoms in total. The number of hydrogen-bond donors (Lipinski definition) is 0. The van der Waals surface area contributed by atoms with Crippen molar-refractivity contribution in [3.05, 3.63) is 98.8 Å². The van der Waals surface area contributed by atoms with Gasteiger partial charge in [-0.3, -0.25) is 0 Å². The van der Waals surface area contributed by atoms with E-state index in [0.29, 0.717) is 11.0 Å². The lowest BCUT2D eigenvalue weighted by atomic mass is 9.65. The molecule has 2 aromatic rings. The van der Waals surface area contributed by atoms with Crippen LogP contribution in [0.25, 0.3) is 0 Å². The largest absolute Gasteiger partial charge is 0.118 e. The Kier molecular flexibility index (Phi) is 11.5. The first-order valence-electron chi connectivity index (χ1n) is 10.8. The molecule has 0 aromatic heterocycles. The van der Waals surface area contributed by atoms with Crippen molar-refractivity contribution in [2.24, 2.45) is 0 Å². The molecule has 3 atom stereocenters. The number of alkyl halides is 1. The number of hydrogen-bond acceptors (Lipinski definition) is 2. The van der Waals surface area contributed by atoms with Crippen LogP contribution >= 0.6 is 206 Å². The highest BCUT2D eigenvalue weighted by Gasteiger charge is 2.60. The Morgan fingerprint density at radius 1 is 0.558 bits per heavy atom. The molecule has 0 bridgehead atoms. The molecule has 0 N–H and O–H groups in total. The van der Waals surface area contributed by atoms with Crippen LogP contribution in [0.3, 0.4) is 0 Å². The van der Waals surface area contributed by atoms with Crippen LogP contribution in [-0.4, -0.2) is 10.6 Å². The predicted octanol–water partition coefficient (Wildman–Crippen LogP) is 16.0. The van der Waals surface area contributed by atoms with E-state index >= 15 is 0 Å². The molecule has 43 heavy (non-hydrogen) atoms. The summed E-state index contributed by atoms with van der Waals surface area (Å²) in [4.78, 5) is 0.126. The van der Waals surface area contributed by atoms with Crippen molar-refractivity contribution in [2.45, 2.75) is 20.9 Å². The third-order valence-corrected chi connectivity index (χ3v) is 15.5. The SMILES string of the molecule is ClSc1c(Cl)c(Cl)c(Cl)c(Cl)c1C1(c2c(Cl)c(Cl)c(Cl)c(Cl)c2Cl)C2=C(C(Cl)=C(Cl)C(SCl)C#C2)C2=C1C(Cl)C(Cl)=C2Cl. The maximum atomic E-state index is 7.09. The molecule has 3 aliphatic carbocycles. The average Bonchev–Trinajstić information content (AvgIpc) is 3.34. The summed E-state index contributed by atoms with van der Waals surface area (Å²) < 4.78 is 0.